The standard InChI is InChI=1S/C15H15F3O3/c1-9-12(13(19)21-14(2,3)20-9)8-10-5-4-6-11(7-10)15(16,17)18/h4-7,12H,1,8H2,2-3H3. The van der Waals surface area contributed by atoms with Crippen LogP contribution < -0.4 is 0 Å². The van der Waals surface area contributed by atoms with Gasteiger partial charge in [-0.25, -0.2) is 0 Å². The SMILES string of the molecule is C=C1OC(C)(C)OC(=O)C1Cc1cccc(C(F)(F)F)c1. The fourth-order valence-electron chi connectivity index (χ4n) is 2.16. The summed E-state index contributed by atoms with van der Waals surface area (Å²) in [7, 11) is 0. The van der Waals surface area contributed by atoms with Gasteiger partial charge in [-0.1, -0.05) is 24.8 Å². The van der Waals surface area contributed by atoms with Gasteiger partial charge in [0.1, 0.15) is 11.7 Å². The molecule has 0 spiro atoms. The second-order valence-corrected chi connectivity index (χ2v) is 5.34. The van der Waals surface area contributed by atoms with Gasteiger partial charge in [-0.05, 0) is 18.1 Å². The quantitative estimate of drug-likeness (QED) is 0.781. The Hall–Kier alpha value is -1.98. The lowest BCUT2D eigenvalue weighted by Crippen LogP contribution is -2.42. The third kappa shape index (κ3) is 3.56. The maximum atomic E-state index is 12.7. The van der Waals surface area contributed by atoms with Crippen molar-refractivity contribution in [2.24, 2.45) is 5.92 Å². The molecule has 1 fully saturated rings. The summed E-state index contributed by atoms with van der Waals surface area (Å²) in [5.74, 6) is -2.25. The van der Waals surface area contributed by atoms with Gasteiger partial charge < -0.3 is 9.47 Å². The minimum absolute atomic E-state index is 0.0532. The van der Waals surface area contributed by atoms with Crippen molar-refractivity contribution in [1.29, 1.82) is 0 Å². The fourth-order valence-corrected chi connectivity index (χ4v) is 2.16. The normalized spacial score (nSPS) is 21.7. The molecular formula is C15H15F3O3. The Balaban J connectivity index is 2.19. The summed E-state index contributed by atoms with van der Waals surface area (Å²) in [6.45, 7) is 6.80. The topological polar surface area (TPSA) is 35.5 Å². The van der Waals surface area contributed by atoms with Crippen LogP contribution in [0.3, 0.4) is 0 Å². The monoisotopic (exact) mass is 300 g/mol. The van der Waals surface area contributed by atoms with Crippen LogP contribution in [-0.2, 0) is 26.9 Å². The predicted octanol–water partition coefficient (Wildman–Crippen LogP) is 3.69. The molecule has 1 aliphatic rings. The van der Waals surface area contributed by atoms with Gasteiger partial charge in [0.25, 0.3) is 0 Å². The fraction of sp³-hybridized carbons (Fsp3) is 0.400. The van der Waals surface area contributed by atoms with E-state index in [4.69, 9.17) is 9.47 Å². The second-order valence-electron chi connectivity index (χ2n) is 5.34. The second kappa shape index (κ2) is 5.09. The first kappa shape index (κ1) is 15.4. The van der Waals surface area contributed by atoms with Crippen LogP contribution in [0.25, 0.3) is 0 Å². The van der Waals surface area contributed by atoms with Crippen LogP contribution in [0.15, 0.2) is 36.6 Å². The molecule has 2 rings (SSSR count). The Morgan fingerprint density at radius 1 is 1.29 bits per heavy atom. The van der Waals surface area contributed by atoms with Crippen LogP contribution in [0.2, 0.25) is 0 Å². The van der Waals surface area contributed by atoms with E-state index in [9.17, 15) is 18.0 Å². The Morgan fingerprint density at radius 2 is 1.95 bits per heavy atom. The third-order valence-electron chi connectivity index (χ3n) is 3.09. The Bertz CT molecular complexity index is 556. The van der Waals surface area contributed by atoms with E-state index in [1.807, 2.05) is 0 Å². The van der Waals surface area contributed by atoms with Crippen molar-refractivity contribution < 1.29 is 27.4 Å². The zero-order valence-corrected chi connectivity index (χ0v) is 11.7. The first-order valence-corrected chi connectivity index (χ1v) is 6.35. The van der Waals surface area contributed by atoms with Crippen LogP contribution in [0.5, 0.6) is 0 Å². The van der Waals surface area contributed by atoms with Gasteiger partial charge >= 0.3 is 12.1 Å². The average molecular weight is 300 g/mol. The molecule has 0 N–H and O–H groups in total. The predicted molar refractivity (Wildman–Crippen MR) is 69.0 cm³/mol. The number of alkyl halides is 3. The molecule has 21 heavy (non-hydrogen) atoms. The van der Waals surface area contributed by atoms with Crippen molar-refractivity contribution in [2.45, 2.75) is 32.2 Å². The maximum absolute atomic E-state index is 12.7. The van der Waals surface area contributed by atoms with E-state index in [1.165, 1.54) is 12.1 Å². The van der Waals surface area contributed by atoms with Crippen LogP contribution in [-0.4, -0.2) is 11.8 Å². The van der Waals surface area contributed by atoms with E-state index in [0.717, 1.165) is 12.1 Å². The summed E-state index contributed by atoms with van der Waals surface area (Å²) in [6, 6.07) is 4.83. The number of halogens is 3. The zero-order chi connectivity index (χ0) is 15.8. The Kier molecular flexibility index (Phi) is 3.74. The van der Waals surface area contributed by atoms with E-state index in [-0.39, 0.29) is 12.2 Å². The largest absolute Gasteiger partial charge is 0.457 e. The van der Waals surface area contributed by atoms with Crippen LogP contribution in [0.1, 0.15) is 25.0 Å². The molecule has 1 saturated heterocycles. The summed E-state index contributed by atoms with van der Waals surface area (Å²) in [5.41, 5.74) is -0.382. The van der Waals surface area contributed by atoms with Gasteiger partial charge in [0.15, 0.2) is 0 Å². The summed E-state index contributed by atoms with van der Waals surface area (Å²) in [5, 5.41) is 0. The number of hydrogen-bond donors (Lipinski definition) is 0. The van der Waals surface area contributed by atoms with E-state index >= 15 is 0 Å². The molecule has 0 aliphatic carbocycles. The lowest BCUT2D eigenvalue weighted by atomic mass is 9.95. The minimum Gasteiger partial charge on any atom is -0.457 e. The highest BCUT2D eigenvalue weighted by Crippen LogP contribution is 2.33. The lowest BCUT2D eigenvalue weighted by molar-refractivity contribution is -0.227. The van der Waals surface area contributed by atoms with E-state index < -0.39 is 29.4 Å². The maximum Gasteiger partial charge on any atom is 0.416 e. The molecule has 0 aromatic heterocycles. The van der Waals surface area contributed by atoms with Gasteiger partial charge in [0, 0.05) is 13.8 Å². The number of hydrogen-bond acceptors (Lipinski definition) is 3. The number of ether oxygens (including phenoxy) is 2. The van der Waals surface area contributed by atoms with Gasteiger partial charge in [0.05, 0.1) is 5.56 Å². The van der Waals surface area contributed by atoms with Crippen molar-refractivity contribution in [1.82, 2.24) is 0 Å². The van der Waals surface area contributed by atoms with Gasteiger partial charge in [-0.3, -0.25) is 4.79 Å². The number of rotatable bonds is 2. The highest BCUT2D eigenvalue weighted by molar-refractivity contribution is 5.76. The number of cyclic esters (lactones) is 1. The summed E-state index contributed by atoms with van der Waals surface area (Å²) >= 11 is 0. The summed E-state index contributed by atoms with van der Waals surface area (Å²) < 4.78 is 48.5. The van der Waals surface area contributed by atoms with Gasteiger partial charge in [0.2, 0.25) is 5.79 Å². The zero-order valence-electron chi connectivity index (χ0n) is 11.7. The average Bonchev–Trinajstić information content (AvgIpc) is 2.32. The van der Waals surface area contributed by atoms with Crippen LogP contribution in [0.4, 0.5) is 13.2 Å². The van der Waals surface area contributed by atoms with E-state index in [1.54, 1.807) is 13.8 Å². The molecule has 0 saturated carbocycles. The summed E-state index contributed by atoms with van der Waals surface area (Å²) in [4.78, 5) is 11.9. The molecule has 1 unspecified atom stereocenters. The lowest BCUT2D eigenvalue weighted by Gasteiger charge is -2.36. The molecule has 3 nitrogen and oxygen atoms in total. The van der Waals surface area contributed by atoms with Gasteiger partial charge in [-0.2, -0.15) is 13.2 Å². The number of benzene rings is 1. The molecule has 0 bridgehead atoms. The molecule has 1 aromatic rings. The van der Waals surface area contributed by atoms with Gasteiger partial charge in [-0.15, -0.1) is 0 Å². The van der Waals surface area contributed by atoms with Crippen LogP contribution in [0, 0.1) is 5.92 Å². The summed E-state index contributed by atoms with van der Waals surface area (Å²) in [6.07, 6.45) is -4.36. The van der Waals surface area contributed by atoms with E-state index in [2.05, 4.69) is 6.58 Å². The molecule has 0 radical (unpaired) electrons. The molecule has 1 heterocycles. The number of esters is 1. The molecule has 1 aromatic carbocycles. The van der Waals surface area contributed by atoms with Crippen LogP contribution >= 0.6 is 0 Å². The van der Waals surface area contributed by atoms with Crippen molar-refractivity contribution in [3.8, 4) is 0 Å². The molecule has 6 heteroatoms. The van der Waals surface area contributed by atoms with E-state index in [0.29, 0.717) is 5.56 Å². The molecule has 1 aliphatic heterocycles. The van der Waals surface area contributed by atoms with Crippen molar-refractivity contribution >= 4 is 5.97 Å². The Morgan fingerprint density at radius 3 is 2.52 bits per heavy atom. The molecular weight excluding hydrogens is 285 g/mol. The Labute approximate surface area is 120 Å². The minimum atomic E-state index is -4.42. The third-order valence-corrected chi connectivity index (χ3v) is 3.09. The molecule has 0 amide bonds. The van der Waals surface area contributed by atoms with Crippen molar-refractivity contribution in [3.05, 3.63) is 47.7 Å². The molecule has 1 atom stereocenters. The van der Waals surface area contributed by atoms with Crippen molar-refractivity contribution in [2.75, 3.05) is 0 Å². The highest BCUT2D eigenvalue weighted by Gasteiger charge is 2.39. The molecule has 114 valence electrons. The smallest absolute Gasteiger partial charge is 0.416 e. The first-order chi connectivity index (χ1) is 9.58. The first-order valence-electron chi connectivity index (χ1n) is 6.35. The highest BCUT2D eigenvalue weighted by atomic mass is 19.4. The number of carbonyl (C=O) groups is 1. The number of carbonyl (C=O) groups excluding carboxylic acids is 1. The van der Waals surface area contributed by atoms with Crippen molar-refractivity contribution in [3.63, 3.8) is 0 Å².